The minimum atomic E-state index is 1.06. The number of piperidine rings is 1. The number of rotatable bonds is 6. The second-order valence-electron chi connectivity index (χ2n) is 10.1. The third kappa shape index (κ3) is 4.92. The van der Waals surface area contributed by atoms with E-state index >= 15 is 0 Å². The maximum atomic E-state index is 2.67. The summed E-state index contributed by atoms with van der Waals surface area (Å²) in [6.07, 6.45) is 16.9. The van der Waals surface area contributed by atoms with Gasteiger partial charge < -0.3 is 9.80 Å². The molecule has 0 N–H and O–H groups in total. The lowest BCUT2D eigenvalue weighted by atomic mass is 10.1. The van der Waals surface area contributed by atoms with Crippen molar-refractivity contribution in [3.63, 3.8) is 0 Å². The van der Waals surface area contributed by atoms with Crippen molar-refractivity contribution < 1.29 is 4.57 Å². The summed E-state index contributed by atoms with van der Waals surface area (Å²) in [7, 11) is 2.18. The van der Waals surface area contributed by atoms with E-state index in [1.54, 1.807) is 0 Å². The molecule has 3 nitrogen and oxygen atoms in total. The standard InChI is InChI=1S/C32H36N3S2/c1-3-21-35-27-12-6-8-14-29(27)37-31(35)20-18-25-16-15-24(32(25)34-22-9-4-10-23-34)17-19-30-33(2)26-11-5-7-13-28(26)36-30/h5-8,11-14,17-20H,3-4,9-10,15-16,21-23H2,1-2H3/q+1. The van der Waals surface area contributed by atoms with Gasteiger partial charge in [-0.25, -0.2) is 0 Å². The van der Waals surface area contributed by atoms with Gasteiger partial charge >= 0.3 is 0 Å². The average molecular weight is 527 g/mol. The monoisotopic (exact) mass is 526 g/mol. The van der Waals surface area contributed by atoms with Gasteiger partial charge in [-0.05, 0) is 73.6 Å². The zero-order valence-electron chi connectivity index (χ0n) is 22.0. The van der Waals surface area contributed by atoms with Crippen LogP contribution >= 0.6 is 23.1 Å². The molecule has 0 radical (unpaired) electrons. The summed E-state index contributed by atoms with van der Waals surface area (Å²) in [5.74, 6) is 0. The van der Waals surface area contributed by atoms with Crippen LogP contribution in [0.1, 0.15) is 50.5 Å². The lowest BCUT2D eigenvalue weighted by molar-refractivity contribution is -0.668. The van der Waals surface area contributed by atoms with Crippen molar-refractivity contribution in [1.29, 1.82) is 0 Å². The van der Waals surface area contributed by atoms with Crippen LogP contribution in [-0.4, -0.2) is 25.0 Å². The van der Waals surface area contributed by atoms with Crippen molar-refractivity contribution >= 4 is 45.1 Å². The van der Waals surface area contributed by atoms with Crippen molar-refractivity contribution in [2.24, 2.45) is 0 Å². The first-order valence-corrected chi connectivity index (χ1v) is 15.4. The first-order valence-electron chi connectivity index (χ1n) is 13.7. The molecule has 2 aromatic carbocycles. The Balaban J connectivity index is 1.34. The van der Waals surface area contributed by atoms with Crippen LogP contribution in [0.2, 0.25) is 0 Å². The van der Waals surface area contributed by atoms with Crippen molar-refractivity contribution in [2.45, 2.75) is 56.9 Å². The van der Waals surface area contributed by atoms with Crippen LogP contribution in [-0.2, 0) is 6.54 Å². The topological polar surface area (TPSA) is 10.4 Å². The Morgan fingerprint density at radius 1 is 0.919 bits per heavy atom. The van der Waals surface area contributed by atoms with Crippen LogP contribution in [0.3, 0.4) is 0 Å². The third-order valence-corrected chi connectivity index (χ3v) is 9.97. The van der Waals surface area contributed by atoms with Gasteiger partial charge in [0.1, 0.15) is 11.2 Å². The second kappa shape index (κ2) is 10.9. The predicted octanol–water partition coefficient (Wildman–Crippen LogP) is 8.16. The maximum absolute atomic E-state index is 2.67. The number of aryl methyl sites for hydroxylation is 1. The smallest absolute Gasteiger partial charge is 0.262 e. The number of nitrogens with zero attached hydrogens (tertiary/aromatic N) is 3. The van der Waals surface area contributed by atoms with E-state index in [0.29, 0.717) is 0 Å². The summed E-state index contributed by atoms with van der Waals surface area (Å²) in [5, 5.41) is 2.66. The lowest BCUT2D eigenvalue weighted by Gasteiger charge is -2.31. The Hall–Kier alpha value is -2.76. The number of anilines is 1. The minimum absolute atomic E-state index is 1.06. The van der Waals surface area contributed by atoms with Crippen molar-refractivity contribution in [1.82, 2.24) is 4.90 Å². The van der Waals surface area contributed by atoms with E-state index in [0.717, 1.165) is 25.8 Å². The van der Waals surface area contributed by atoms with Crippen molar-refractivity contribution in [2.75, 3.05) is 25.0 Å². The van der Waals surface area contributed by atoms with Crippen LogP contribution in [0.15, 0.2) is 93.5 Å². The molecule has 0 amide bonds. The number of aromatic nitrogens is 1. The number of hydrogen-bond donors (Lipinski definition) is 0. The van der Waals surface area contributed by atoms with E-state index < -0.39 is 0 Å². The van der Waals surface area contributed by atoms with E-state index in [2.05, 4.69) is 101 Å². The largest absolute Gasteiger partial charge is 0.371 e. The van der Waals surface area contributed by atoms with Crippen molar-refractivity contribution in [3.8, 4) is 0 Å². The zero-order valence-corrected chi connectivity index (χ0v) is 23.6. The molecule has 6 rings (SSSR count). The molecule has 5 heteroatoms. The summed E-state index contributed by atoms with van der Waals surface area (Å²) in [5.41, 5.74) is 7.17. The molecule has 1 saturated heterocycles. The molecule has 2 aliphatic heterocycles. The fourth-order valence-corrected chi connectivity index (χ4v) is 7.95. The molecule has 3 heterocycles. The van der Waals surface area contributed by atoms with Gasteiger partial charge in [-0.2, -0.15) is 4.57 Å². The fraction of sp³-hybridized carbons (Fsp3) is 0.344. The van der Waals surface area contributed by atoms with Gasteiger partial charge in [-0.1, -0.05) is 60.4 Å². The third-order valence-electron chi connectivity index (χ3n) is 7.65. The fourth-order valence-electron chi connectivity index (χ4n) is 5.80. The molecular formula is C32H36N3S2+. The Kier molecular flexibility index (Phi) is 7.25. The molecule has 0 bridgehead atoms. The predicted molar refractivity (Wildman–Crippen MR) is 160 cm³/mol. The number of likely N-dealkylation sites (tertiary alicyclic amines) is 1. The molecule has 3 aromatic rings. The molecule has 3 aliphatic rings. The molecule has 37 heavy (non-hydrogen) atoms. The van der Waals surface area contributed by atoms with E-state index in [1.807, 2.05) is 23.1 Å². The molecule has 0 unspecified atom stereocenters. The van der Waals surface area contributed by atoms with Gasteiger partial charge in [0, 0.05) is 49.3 Å². The second-order valence-corrected chi connectivity index (χ2v) is 12.3. The van der Waals surface area contributed by atoms with Crippen LogP contribution in [0.5, 0.6) is 0 Å². The number of hydrogen-bond acceptors (Lipinski definition) is 4. The Bertz CT molecular complexity index is 1420. The van der Waals surface area contributed by atoms with E-state index in [-0.39, 0.29) is 0 Å². The van der Waals surface area contributed by atoms with Crippen LogP contribution in [0.4, 0.5) is 5.69 Å². The highest BCUT2D eigenvalue weighted by Crippen LogP contribution is 2.45. The van der Waals surface area contributed by atoms with Crippen LogP contribution in [0.25, 0.3) is 16.3 Å². The molecule has 1 aliphatic carbocycles. The summed E-state index contributed by atoms with van der Waals surface area (Å²) < 4.78 is 3.87. The molecule has 1 fully saturated rings. The lowest BCUT2D eigenvalue weighted by Crippen LogP contribution is -2.34. The van der Waals surface area contributed by atoms with Gasteiger partial charge in [0.05, 0.1) is 10.7 Å². The van der Waals surface area contributed by atoms with Gasteiger partial charge in [0.15, 0.2) is 0 Å². The normalized spacial score (nSPS) is 20.4. The summed E-state index contributed by atoms with van der Waals surface area (Å²) in [6, 6.07) is 17.5. The highest BCUT2D eigenvalue weighted by Gasteiger charge is 2.26. The summed E-state index contributed by atoms with van der Waals surface area (Å²) in [4.78, 5) is 6.34. The SMILES string of the molecule is CCC[n+]1c(/C=C/C2=C(N3CCCCC3)C(=C/C=C3\Sc4ccccc4N3C)/CC2)sc2ccccc21. The Morgan fingerprint density at radius 3 is 2.57 bits per heavy atom. The van der Waals surface area contributed by atoms with E-state index in [9.17, 15) is 0 Å². The number of allylic oxidation sites excluding steroid dienone is 5. The first kappa shape index (κ1) is 24.6. The number of fused-ring (bicyclic) bond motifs is 2. The number of para-hydroxylation sites is 2. The van der Waals surface area contributed by atoms with E-state index in [4.69, 9.17) is 0 Å². The first-order chi connectivity index (χ1) is 18.2. The molecule has 0 atom stereocenters. The molecule has 0 saturated carbocycles. The van der Waals surface area contributed by atoms with Crippen LogP contribution < -0.4 is 9.47 Å². The highest BCUT2D eigenvalue weighted by atomic mass is 32.2. The number of benzene rings is 2. The number of thiazole rings is 1. The van der Waals surface area contributed by atoms with E-state index in [1.165, 1.54) is 80.0 Å². The molecular weight excluding hydrogens is 491 g/mol. The quantitative estimate of drug-likeness (QED) is 0.300. The molecule has 0 spiro atoms. The number of thioether (sulfide) groups is 1. The summed E-state index contributed by atoms with van der Waals surface area (Å²) in [6.45, 7) is 5.69. The minimum Gasteiger partial charge on any atom is -0.371 e. The Morgan fingerprint density at radius 2 is 1.73 bits per heavy atom. The molecule has 190 valence electrons. The van der Waals surface area contributed by atoms with Gasteiger partial charge in [0.2, 0.25) is 5.52 Å². The van der Waals surface area contributed by atoms with Gasteiger partial charge in [-0.3, -0.25) is 0 Å². The van der Waals surface area contributed by atoms with Crippen LogP contribution in [0, 0.1) is 0 Å². The molecule has 1 aromatic heterocycles. The van der Waals surface area contributed by atoms with Crippen molar-refractivity contribution in [3.05, 3.63) is 93.6 Å². The zero-order chi connectivity index (χ0) is 25.2. The van der Waals surface area contributed by atoms with Gasteiger partial charge in [0.25, 0.3) is 5.01 Å². The summed E-state index contributed by atoms with van der Waals surface area (Å²) >= 11 is 3.79. The maximum Gasteiger partial charge on any atom is 0.262 e. The highest BCUT2D eigenvalue weighted by molar-refractivity contribution is 8.03. The van der Waals surface area contributed by atoms with Gasteiger partial charge in [-0.15, -0.1) is 0 Å². The Labute approximate surface area is 229 Å². The average Bonchev–Trinajstić information content (AvgIpc) is 3.60.